The minimum Gasteiger partial charge on any atom is -0.351 e. The summed E-state index contributed by atoms with van der Waals surface area (Å²) in [5.74, 6) is 0.000546. The average Bonchev–Trinajstić information content (AvgIpc) is 3.31. The maximum atomic E-state index is 13.2. The highest BCUT2D eigenvalue weighted by molar-refractivity contribution is 6.08. The Bertz CT molecular complexity index is 1110. The summed E-state index contributed by atoms with van der Waals surface area (Å²) in [6.07, 6.45) is 1.62. The van der Waals surface area contributed by atoms with Gasteiger partial charge in [0.2, 0.25) is 0 Å². The number of amides is 1. The lowest BCUT2D eigenvalue weighted by molar-refractivity contribution is -0.140. The quantitative estimate of drug-likeness (QED) is 0.670. The number of rotatable bonds is 3. The van der Waals surface area contributed by atoms with Gasteiger partial charge in [-0.3, -0.25) is 9.48 Å². The van der Waals surface area contributed by atoms with Crippen molar-refractivity contribution in [3.8, 4) is 0 Å². The second kappa shape index (κ2) is 6.69. The number of halogens is 3. The number of alkyl halides is 3. The molecular weight excluding hydrogens is 401 g/mol. The average molecular weight is 420 g/mol. The summed E-state index contributed by atoms with van der Waals surface area (Å²) in [4.78, 5) is 19.6. The number of nitrogens with zero attached hydrogens (tertiary/aromatic N) is 6. The number of carbonyl (C=O) groups is 1. The molecule has 3 fully saturated rings. The molecule has 3 aromatic heterocycles. The van der Waals surface area contributed by atoms with E-state index in [4.69, 9.17) is 0 Å². The largest absolute Gasteiger partial charge is 0.437 e. The molecule has 2 bridgehead atoms. The van der Waals surface area contributed by atoms with Crippen LogP contribution < -0.4 is 15.5 Å². The van der Waals surface area contributed by atoms with E-state index in [2.05, 4.69) is 30.7 Å². The molecule has 2 N–H and O–H groups in total. The number of nitrogens with one attached hydrogen (secondary N) is 2. The lowest BCUT2D eigenvalue weighted by Crippen LogP contribution is -2.61. The molecular formula is C18H19F3N8O. The predicted octanol–water partition coefficient (Wildman–Crippen LogP) is 1.67. The molecule has 6 heterocycles. The maximum Gasteiger partial charge on any atom is 0.437 e. The Hall–Kier alpha value is -3.15. The lowest BCUT2D eigenvalue weighted by Gasteiger charge is -2.46. The number of piperidine rings is 2. The van der Waals surface area contributed by atoms with Gasteiger partial charge in [0, 0.05) is 44.6 Å². The fourth-order valence-electron chi connectivity index (χ4n) is 4.15. The maximum absolute atomic E-state index is 13.2. The van der Waals surface area contributed by atoms with Gasteiger partial charge in [-0.15, -0.1) is 0 Å². The van der Waals surface area contributed by atoms with E-state index in [-0.39, 0.29) is 11.2 Å². The van der Waals surface area contributed by atoms with Crippen LogP contribution in [-0.2, 0) is 13.2 Å². The Kier molecular flexibility index (Phi) is 4.20. The molecule has 1 unspecified atom stereocenters. The number of piperazine rings is 1. The van der Waals surface area contributed by atoms with Crippen LogP contribution >= 0.6 is 0 Å². The van der Waals surface area contributed by atoms with E-state index in [0.29, 0.717) is 12.1 Å². The van der Waals surface area contributed by atoms with Gasteiger partial charge in [-0.1, -0.05) is 0 Å². The van der Waals surface area contributed by atoms with E-state index in [1.54, 1.807) is 6.20 Å². The standard InChI is InChI=1S/C18H19F3N8O/c1-27-9-13(15(26-27)18(19,20)21)24-17(30)12-7-23-29-5-4-14(25-16(12)29)28-8-10-2-3-11(28)6-22-10/h4-5,7,9-11,22H,2-3,6,8H2,1H3,(H,24,30)/t10?,11-/m1/s1. The molecule has 0 radical (unpaired) electrons. The van der Waals surface area contributed by atoms with Crippen molar-refractivity contribution < 1.29 is 18.0 Å². The van der Waals surface area contributed by atoms with E-state index >= 15 is 0 Å². The van der Waals surface area contributed by atoms with E-state index in [1.165, 1.54) is 17.8 Å². The molecule has 0 aliphatic carbocycles. The number of anilines is 2. The van der Waals surface area contributed by atoms with E-state index in [1.807, 2.05) is 6.07 Å². The molecule has 6 rings (SSSR count). The Morgan fingerprint density at radius 2 is 2.17 bits per heavy atom. The highest BCUT2D eigenvalue weighted by Gasteiger charge is 2.38. The van der Waals surface area contributed by atoms with Crippen LogP contribution in [0.5, 0.6) is 0 Å². The number of aryl methyl sites for hydroxylation is 1. The summed E-state index contributed by atoms with van der Waals surface area (Å²) in [5.41, 5.74) is -1.18. The molecule has 0 spiro atoms. The highest BCUT2D eigenvalue weighted by Crippen LogP contribution is 2.34. The van der Waals surface area contributed by atoms with Crippen molar-refractivity contribution >= 4 is 23.1 Å². The third-order valence-corrected chi connectivity index (χ3v) is 5.59. The second-order valence-electron chi connectivity index (χ2n) is 7.62. The molecule has 0 saturated carbocycles. The summed E-state index contributed by atoms with van der Waals surface area (Å²) < 4.78 is 42.0. The summed E-state index contributed by atoms with van der Waals surface area (Å²) in [6, 6.07) is 2.58. The predicted molar refractivity (Wildman–Crippen MR) is 101 cm³/mol. The molecule has 3 aromatic rings. The zero-order valence-corrected chi connectivity index (χ0v) is 16.0. The van der Waals surface area contributed by atoms with Crippen molar-refractivity contribution in [1.82, 2.24) is 29.7 Å². The van der Waals surface area contributed by atoms with Crippen molar-refractivity contribution in [3.05, 3.63) is 35.9 Å². The monoisotopic (exact) mass is 420 g/mol. The molecule has 12 heteroatoms. The molecule has 3 saturated heterocycles. The zero-order valence-electron chi connectivity index (χ0n) is 16.0. The van der Waals surface area contributed by atoms with Gasteiger partial charge in [0.25, 0.3) is 5.91 Å². The number of carbonyl (C=O) groups excluding carboxylic acids is 1. The van der Waals surface area contributed by atoms with Gasteiger partial charge in [-0.05, 0) is 18.9 Å². The fourth-order valence-corrected chi connectivity index (χ4v) is 4.15. The van der Waals surface area contributed by atoms with Gasteiger partial charge < -0.3 is 15.5 Å². The minimum atomic E-state index is -4.68. The Labute approximate surface area is 168 Å². The first-order chi connectivity index (χ1) is 14.3. The zero-order chi connectivity index (χ0) is 21.0. The van der Waals surface area contributed by atoms with Gasteiger partial charge in [0.05, 0.1) is 11.9 Å². The summed E-state index contributed by atoms with van der Waals surface area (Å²) >= 11 is 0. The van der Waals surface area contributed by atoms with Crippen LogP contribution in [0.2, 0.25) is 0 Å². The molecule has 30 heavy (non-hydrogen) atoms. The molecule has 9 nitrogen and oxygen atoms in total. The summed E-state index contributed by atoms with van der Waals surface area (Å²) in [7, 11) is 1.36. The highest BCUT2D eigenvalue weighted by atomic mass is 19.4. The molecule has 3 aliphatic rings. The van der Waals surface area contributed by atoms with Crippen LogP contribution in [0.4, 0.5) is 24.7 Å². The van der Waals surface area contributed by atoms with Crippen molar-refractivity contribution in [1.29, 1.82) is 0 Å². The van der Waals surface area contributed by atoms with Crippen molar-refractivity contribution in [3.63, 3.8) is 0 Å². The Morgan fingerprint density at radius 1 is 1.33 bits per heavy atom. The van der Waals surface area contributed by atoms with E-state index in [0.717, 1.165) is 42.6 Å². The number of hydrogen-bond acceptors (Lipinski definition) is 6. The van der Waals surface area contributed by atoms with Crippen LogP contribution in [-0.4, -0.2) is 55.5 Å². The van der Waals surface area contributed by atoms with Gasteiger partial charge in [0.1, 0.15) is 11.4 Å². The van der Waals surface area contributed by atoms with Crippen LogP contribution in [0.15, 0.2) is 24.7 Å². The van der Waals surface area contributed by atoms with E-state index < -0.39 is 23.5 Å². The van der Waals surface area contributed by atoms with Crippen molar-refractivity contribution in [2.24, 2.45) is 7.05 Å². The second-order valence-corrected chi connectivity index (χ2v) is 7.62. The SMILES string of the molecule is Cn1cc(NC(=O)c2cnn3ccc(N4CC5CC[C@@H]4CN5)nc23)c(C(F)(F)F)n1. The Morgan fingerprint density at radius 3 is 2.83 bits per heavy atom. The van der Waals surface area contributed by atoms with Gasteiger partial charge in [0.15, 0.2) is 11.3 Å². The smallest absolute Gasteiger partial charge is 0.351 e. The third-order valence-electron chi connectivity index (χ3n) is 5.59. The third kappa shape index (κ3) is 3.16. The molecule has 3 aliphatic heterocycles. The summed E-state index contributed by atoms with van der Waals surface area (Å²) in [5, 5.41) is 13.3. The lowest BCUT2D eigenvalue weighted by atomic mass is 9.93. The number of hydrogen-bond donors (Lipinski definition) is 2. The van der Waals surface area contributed by atoms with Crippen LogP contribution in [0, 0.1) is 0 Å². The topological polar surface area (TPSA) is 92.4 Å². The van der Waals surface area contributed by atoms with Crippen molar-refractivity contribution in [2.45, 2.75) is 31.1 Å². The van der Waals surface area contributed by atoms with Gasteiger partial charge >= 0.3 is 6.18 Å². The first-order valence-electron chi connectivity index (χ1n) is 9.56. The summed E-state index contributed by atoms with van der Waals surface area (Å²) in [6.45, 7) is 1.71. The first kappa shape index (κ1) is 18.9. The first-order valence-corrected chi connectivity index (χ1v) is 9.56. The van der Waals surface area contributed by atoms with Crippen LogP contribution in [0.1, 0.15) is 28.9 Å². The normalized spacial score (nSPS) is 21.4. The van der Waals surface area contributed by atoms with Crippen molar-refractivity contribution in [2.75, 3.05) is 23.3 Å². The van der Waals surface area contributed by atoms with E-state index in [9.17, 15) is 18.0 Å². The van der Waals surface area contributed by atoms with Gasteiger partial charge in [-0.2, -0.15) is 23.4 Å². The molecule has 0 aromatic carbocycles. The molecule has 1 amide bonds. The fraction of sp³-hybridized carbons (Fsp3) is 0.444. The Balaban J connectivity index is 1.46. The van der Waals surface area contributed by atoms with Gasteiger partial charge in [-0.25, -0.2) is 9.50 Å². The number of aromatic nitrogens is 5. The molecule has 2 atom stereocenters. The van der Waals surface area contributed by atoms with Crippen LogP contribution in [0.25, 0.3) is 5.65 Å². The van der Waals surface area contributed by atoms with Crippen LogP contribution in [0.3, 0.4) is 0 Å². The molecule has 158 valence electrons. The number of fused-ring (bicyclic) bond motifs is 4. The minimum absolute atomic E-state index is 0.0918.